The van der Waals surface area contributed by atoms with E-state index in [9.17, 15) is 40.5 Å². The van der Waals surface area contributed by atoms with Gasteiger partial charge in [-0.05, 0) is 0 Å². The molecule has 0 radical (unpaired) electrons. The maximum absolute atomic E-state index is 9.95. The Morgan fingerprint density at radius 3 is 0.812 bits per heavy atom. The van der Waals surface area contributed by atoms with Gasteiger partial charge in [0.15, 0.2) is 0 Å². The van der Waals surface area contributed by atoms with Crippen molar-refractivity contribution < 1.29 is 125 Å². The molecular weight excluding hydrogens is 286 g/mol. The molecule has 0 saturated carbocycles. The Kier molecular flexibility index (Phi) is 13.6. The van der Waals surface area contributed by atoms with Crippen molar-refractivity contribution in [3.8, 4) is 0 Å². The van der Waals surface area contributed by atoms with Gasteiger partial charge in [-0.3, -0.25) is 40.5 Å². The smallest absolute Gasteiger partial charge is 1.00 e. The first-order valence-electron chi connectivity index (χ1n) is 2.83. The fourth-order valence-electron chi connectivity index (χ4n) is 0.589. The molecule has 0 aliphatic rings. The predicted octanol–water partition coefficient (Wildman–Crippen LogP) is -7.02. The van der Waals surface area contributed by atoms with E-state index in [1.807, 2.05) is 0 Å². The molecule has 0 bridgehead atoms. The van der Waals surface area contributed by atoms with Crippen LogP contribution in [0.25, 0.3) is 0 Å². The Balaban J connectivity index is -0.000000141. The number of hydrogen-bond acceptors (Lipinski definition) is 8. The van der Waals surface area contributed by atoms with E-state index >= 15 is 0 Å². The molecule has 14 heteroatoms. The molecule has 0 spiro atoms. The van der Waals surface area contributed by atoms with E-state index in [1.54, 1.807) is 0 Å². The van der Waals surface area contributed by atoms with E-state index in [0.29, 0.717) is 0 Å². The van der Waals surface area contributed by atoms with Crippen LogP contribution in [0.1, 0.15) is 2.85 Å². The van der Waals surface area contributed by atoms with E-state index in [2.05, 4.69) is 0 Å². The molecule has 16 heavy (non-hydrogen) atoms. The molecular formula is C2H4K2N4O8. The zero-order valence-electron chi connectivity index (χ0n) is 10.2. The molecule has 0 aliphatic carbocycles. The summed E-state index contributed by atoms with van der Waals surface area (Å²) in [5, 5.41) is 39.8. The van der Waals surface area contributed by atoms with Crippen molar-refractivity contribution in [3.63, 3.8) is 0 Å². The summed E-state index contributed by atoms with van der Waals surface area (Å²) in [5.74, 6) is 0. The first-order chi connectivity index (χ1) is 6.29. The Morgan fingerprint density at radius 2 is 0.750 bits per heavy atom. The molecule has 0 fully saturated rings. The Bertz CT molecular complexity index is 257. The summed E-state index contributed by atoms with van der Waals surface area (Å²) in [6.45, 7) is 0. The van der Waals surface area contributed by atoms with Crippen molar-refractivity contribution in [1.29, 1.82) is 0 Å². The summed E-state index contributed by atoms with van der Waals surface area (Å²) >= 11 is 0. The van der Waals surface area contributed by atoms with Crippen molar-refractivity contribution in [3.05, 3.63) is 40.5 Å². The number of rotatable bonds is 5. The average Bonchev–Trinajstić information content (AvgIpc) is 1.96. The average molecular weight is 290 g/mol. The van der Waals surface area contributed by atoms with Gasteiger partial charge in [0.2, 0.25) is 0 Å². The number of nitrogens with zero attached hydrogens (tertiary/aromatic N) is 4. The third-order valence-corrected chi connectivity index (χ3v) is 1.13. The number of nitro groups is 4. The van der Waals surface area contributed by atoms with Gasteiger partial charge in [0.1, 0.15) is 19.7 Å². The molecule has 12 nitrogen and oxygen atoms in total. The van der Waals surface area contributed by atoms with Crippen LogP contribution in [0.3, 0.4) is 0 Å². The minimum atomic E-state index is -3.08. The molecule has 0 aromatic carbocycles. The topological polar surface area (TPSA) is 173 Å². The van der Waals surface area contributed by atoms with Crippen LogP contribution < -0.4 is 103 Å². The van der Waals surface area contributed by atoms with Crippen LogP contribution in [0.15, 0.2) is 0 Å². The van der Waals surface area contributed by atoms with Gasteiger partial charge >= 0.3 is 115 Å². The largest absolute Gasteiger partial charge is 1.00 e. The summed E-state index contributed by atoms with van der Waals surface area (Å²) in [7, 11) is 0. The van der Waals surface area contributed by atoms with E-state index < -0.39 is 32.0 Å². The minimum Gasteiger partial charge on any atom is -1.00 e. The van der Waals surface area contributed by atoms with Gasteiger partial charge in [-0.25, -0.2) is 0 Å². The second kappa shape index (κ2) is 9.86. The molecule has 0 atom stereocenters. The summed E-state index contributed by atoms with van der Waals surface area (Å²) in [6.07, 6.45) is -6.17. The molecule has 0 heterocycles. The van der Waals surface area contributed by atoms with E-state index in [0.717, 1.165) is 0 Å². The zero-order chi connectivity index (χ0) is 11.5. The van der Waals surface area contributed by atoms with Gasteiger partial charge < -0.3 is 2.85 Å². The fourth-order valence-corrected chi connectivity index (χ4v) is 0.589. The van der Waals surface area contributed by atoms with Crippen molar-refractivity contribution in [2.24, 2.45) is 0 Å². The van der Waals surface area contributed by atoms with Gasteiger partial charge in [0.05, 0.1) is 0 Å². The van der Waals surface area contributed by atoms with Gasteiger partial charge in [-0.15, -0.1) is 0 Å². The van der Waals surface area contributed by atoms with Gasteiger partial charge in [-0.1, -0.05) is 0 Å². The molecule has 0 rings (SSSR count). The minimum absolute atomic E-state index is 0. The zero-order valence-corrected chi connectivity index (χ0v) is 14.5. The monoisotopic (exact) mass is 290 g/mol. The third-order valence-electron chi connectivity index (χ3n) is 1.13. The van der Waals surface area contributed by atoms with Crippen molar-refractivity contribution in [1.82, 2.24) is 0 Å². The maximum Gasteiger partial charge on any atom is 1.00 e. The predicted molar refractivity (Wildman–Crippen MR) is 37.8 cm³/mol. The van der Waals surface area contributed by atoms with Crippen LogP contribution in [-0.2, 0) is 0 Å². The van der Waals surface area contributed by atoms with Gasteiger partial charge in [0.25, 0.3) is 0 Å². The van der Waals surface area contributed by atoms with Crippen LogP contribution >= 0.6 is 0 Å². The molecule has 82 valence electrons. The first kappa shape index (κ1) is 22.1. The van der Waals surface area contributed by atoms with Crippen LogP contribution in [0.5, 0.6) is 0 Å². The van der Waals surface area contributed by atoms with Crippen LogP contribution in [0.2, 0.25) is 0 Å². The molecule has 0 amide bonds. The fraction of sp³-hybridized carbons (Fsp3) is 1.00. The molecule has 0 saturated heterocycles. The maximum atomic E-state index is 9.95. The first-order valence-corrected chi connectivity index (χ1v) is 2.83. The van der Waals surface area contributed by atoms with Crippen molar-refractivity contribution in [2.75, 3.05) is 0 Å². The normalized spacial score (nSPS) is 8.88. The SMILES string of the molecule is O=[N+]([O-])C(C([N+](=O)[O-])[N+](=O)[O-])[N+](=O)[O-].[H-].[H-].[K+].[K+]. The second-order valence-electron chi connectivity index (χ2n) is 1.97. The Morgan fingerprint density at radius 1 is 0.625 bits per heavy atom. The van der Waals surface area contributed by atoms with E-state index in [1.165, 1.54) is 0 Å². The molecule has 0 aliphatic heterocycles. The molecule has 0 N–H and O–H groups in total. The summed E-state index contributed by atoms with van der Waals surface area (Å²) in [5.41, 5.74) is 0. The molecule has 0 aromatic rings. The van der Waals surface area contributed by atoms with Gasteiger partial charge in [-0.2, -0.15) is 0 Å². The summed E-state index contributed by atoms with van der Waals surface area (Å²) in [4.78, 5) is 33.0. The van der Waals surface area contributed by atoms with Crippen LogP contribution in [0, 0.1) is 40.5 Å². The van der Waals surface area contributed by atoms with Crippen molar-refractivity contribution in [2.45, 2.75) is 12.3 Å². The summed E-state index contributed by atoms with van der Waals surface area (Å²) in [6, 6.07) is 0. The Labute approximate surface area is 175 Å². The van der Waals surface area contributed by atoms with Crippen LogP contribution in [0.4, 0.5) is 0 Å². The van der Waals surface area contributed by atoms with Crippen molar-refractivity contribution >= 4 is 0 Å². The quantitative estimate of drug-likeness (QED) is 0.208. The van der Waals surface area contributed by atoms with Crippen LogP contribution in [-0.4, -0.2) is 32.0 Å². The standard InChI is InChI=1S/C2H2N4O8.2K.2H/c7-3(8)1(4(9)10)2(5(11)12)6(13)14;;;;/h1-2H;;;;/q;2*+1;2*-1. The second-order valence-corrected chi connectivity index (χ2v) is 1.97. The third kappa shape index (κ3) is 6.57. The van der Waals surface area contributed by atoms with E-state index in [4.69, 9.17) is 0 Å². The molecule has 0 aromatic heterocycles. The summed E-state index contributed by atoms with van der Waals surface area (Å²) < 4.78 is 0. The number of hydrogen-bond donors (Lipinski definition) is 0. The van der Waals surface area contributed by atoms with E-state index in [-0.39, 0.29) is 106 Å². The van der Waals surface area contributed by atoms with Gasteiger partial charge in [0, 0.05) is 0 Å². The Hall–Kier alpha value is 0.873. The molecule has 0 unspecified atom stereocenters.